The number of ether oxygens (including phenoxy) is 1. The van der Waals surface area contributed by atoms with Crippen LogP contribution in [0.4, 0.5) is 11.4 Å². The molecule has 1 aromatic rings. The van der Waals surface area contributed by atoms with Gasteiger partial charge in [-0.25, -0.2) is 4.79 Å². The van der Waals surface area contributed by atoms with Crippen LogP contribution in [0.2, 0.25) is 0 Å². The molecule has 3 N–H and O–H groups in total. The molecule has 0 aliphatic carbocycles. The predicted molar refractivity (Wildman–Crippen MR) is 79.4 cm³/mol. The first-order valence-electron chi connectivity index (χ1n) is 6.77. The van der Waals surface area contributed by atoms with Crippen LogP contribution >= 0.6 is 0 Å². The normalized spacial score (nSPS) is 10.5. The zero-order valence-electron chi connectivity index (χ0n) is 12.0. The van der Waals surface area contributed by atoms with Crippen LogP contribution in [-0.4, -0.2) is 19.6 Å². The first-order chi connectivity index (χ1) is 9.06. The second-order valence-corrected chi connectivity index (χ2v) is 5.07. The van der Waals surface area contributed by atoms with Gasteiger partial charge in [0.25, 0.3) is 0 Å². The quantitative estimate of drug-likeness (QED) is 0.450. The fourth-order valence-corrected chi connectivity index (χ4v) is 1.91. The Labute approximate surface area is 115 Å². The third kappa shape index (κ3) is 4.81. The molecule has 0 fully saturated rings. The molecule has 0 saturated carbocycles. The molecule has 19 heavy (non-hydrogen) atoms. The molecule has 4 heteroatoms. The number of rotatable bonds is 7. The van der Waals surface area contributed by atoms with Crippen LogP contribution in [-0.2, 0) is 4.74 Å². The number of benzene rings is 1. The van der Waals surface area contributed by atoms with Gasteiger partial charge in [0.2, 0.25) is 0 Å². The van der Waals surface area contributed by atoms with E-state index in [0.717, 1.165) is 24.6 Å². The molecule has 0 unspecified atom stereocenters. The molecule has 0 bridgehead atoms. The monoisotopic (exact) mass is 264 g/mol. The summed E-state index contributed by atoms with van der Waals surface area (Å²) in [4.78, 5) is 11.5. The zero-order chi connectivity index (χ0) is 14.3. The van der Waals surface area contributed by atoms with E-state index < -0.39 is 5.97 Å². The fourth-order valence-electron chi connectivity index (χ4n) is 1.91. The maximum Gasteiger partial charge on any atom is 0.340 e. The third-order valence-electron chi connectivity index (χ3n) is 3.04. The lowest BCUT2D eigenvalue weighted by molar-refractivity contribution is 0.0602. The Morgan fingerprint density at radius 1 is 1.37 bits per heavy atom. The number of nitrogen functional groups attached to an aromatic ring is 1. The third-order valence-corrected chi connectivity index (χ3v) is 3.04. The van der Waals surface area contributed by atoms with E-state index in [4.69, 9.17) is 10.5 Å². The van der Waals surface area contributed by atoms with Crippen molar-refractivity contribution in [2.45, 2.75) is 33.1 Å². The Hall–Kier alpha value is -1.71. The number of carbonyl (C=O) groups excluding carboxylic acids is 1. The van der Waals surface area contributed by atoms with Gasteiger partial charge >= 0.3 is 5.97 Å². The molecular formula is C15H24N2O2. The maximum atomic E-state index is 11.5. The summed E-state index contributed by atoms with van der Waals surface area (Å²) in [5.74, 6) is 0.341. The lowest BCUT2D eigenvalue weighted by Crippen LogP contribution is -2.10. The van der Waals surface area contributed by atoms with Crippen LogP contribution in [0.1, 0.15) is 43.5 Å². The standard InChI is InChI=1S/C15H24N2O2/c1-11(2)7-4-5-10-17-13-9-6-8-12(14(13)16)15(18)19-3/h6,8-9,11,17H,4-5,7,10,16H2,1-3H3. The number of hydrogen-bond donors (Lipinski definition) is 2. The van der Waals surface area contributed by atoms with Crippen molar-refractivity contribution in [3.8, 4) is 0 Å². The number of methoxy groups -OCH3 is 1. The highest BCUT2D eigenvalue weighted by Crippen LogP contribution is 2.23. The van der Waals surface area contributed by atoms with Crippen LogP contribution in [0, 0.1) is 5.92 Å². The second-order valence-electron chi connectivity index (χ2n) is 5.07. The average Bonchev–Trinajstić information content (AvgIpc) is 2.39. The summed E-state index contributed by atoms with van der Waals surface area (Å²) in [6.45, 7) is 5.32. The number of esters is 1. The minimum Gasteiger partial charge on any atom is -0.465 e. The van der Waals surface area contributed by atoms with Gasteiger partial charge in [-0.2, -0.15) is 0 Å². The van der Waals surface area contributed by atoms with Crippen LogP contribution in [0.5, 0.6) is 0 Å². The Morgan fingerprint density at radius 2 is 2.11 bits per heavy atom. The molecule has 106 valence electrons. The lowest BCUT2D eigenvalue weighted by atomic mass is 10.1. The summed E-state index contributed by atoms with van der Waals surface area (Å²) in [7, 11) is 1.35. The first kappa shape index (κ1) is 15.3. The number of hydrogen-bond acceptors (Lipinski definition) is 4. The Kier molecular flexibility index (Phi) is 6.19. The van der Waals surface area contributed by atoms with Crippen molar-refractivity contribution in [2.24, 2.45) is 5.92 Å². The lowest BCUT2D eigenvalue weighted by Gasteiger charge is -2.12. The highest BCUT2D eigenvalue weighted by atomic mass is 16.5. The summed E-state index contributed by atoms with van der Waals surface area (Å²) < 4.78 is 4.69. The molecule has 0 atom stereocenters. The Morgan fingerprint density at radius 3 is 2.74 bits per heavy atom. The molecule has 1 rings (SSSR count). The summed E-state index contributed by atoms with van der Waals surface area (Å²) >= 11 is 0. The fraction of sp³-hybridized carbons (Fsp3) is 0.533. The van der Waals surface area contributed by atoms with E-state index in [2.05, 4.69) is 19.2 Å². The predicted octanol–water partition coefficient (Wildman–Crippen LogP) is 3.29. The second kappa shape index (κ2) is 7.67. The molecule has 0 radical (unpaired) electrons. The van der Waals surface area contributed by atoms with Gasteiger partial charge in [0.05, 0.1) is 24.0 Å². The van der Waals surface area contributed by atoms with E-state index in [0.29, 0.717) is 11.3 Å². The van der Waals surface area contributed by atoms with Crippen molar-refractivity contribution >= 4 is 17.3 Å². The van der Waals surface area contributed by atoms with Crippen molar-refractivity contribution in [2.75, 3.05) is 24.7 Å². The molecule has 0 aliphatic heterocycles. The van der Waals surface area contributed by atoms with Gasteiger partial charge in [-0.1, -0.05) is 32.8 Å². The number of para-hydroxylation sites is 1. The van der Waals surface area contributed by atoms with Gasteiger partial charge in [0.1, 0.15) is 0 Å². The summed E-state index contributed by atoms with van der Waals surface area (Å²) in [6.07, 6.45) is 3.53. The Balaban J connectivity index is 2.52. The molecule has 4 nitrogen and oxygen atoms in total. The van der Waals surface area contributed by atoms with Crippen LogP contribution < -0.4 is 11.1 Å². The van der Waals surface area contributed by atoms with E-state index in [1.54, 1.807) is 12.1 Å². The van der Waals surface area contributed by atoms with Gasteiger partial charge in [-0.05, 0) is 24.5 Å². The number of anilines is 2. The topological polar surface area (TPSA) is 64.3 Å². The molecular weight excluding hydrogens is 240 g/mol. The van der Waals surface area contributed by atoms with Gasteiger partial charge in [-0.3, -0.25) is 0 Å². The van der Waals surface area contributed by atoms with Gasteiger partial charge < -0.3 is 15.8 Å². The first-order valence-corrected chi connectivity index (χ1v) is 6.77. The Bertz CT molecular complexity index is 417. The minimum absolute atomic E-state index is 0.402. The molecule has 0 aliphatic rings. The van der Waals surface area contributed by atoms with Crippen molar-refractivity contribution in [3.05, 3.63) is 23.8 Å². The van der Waals surface area contributed by atoms with E-state index in [1.165, 1.54) is 20.0 Å². The summed E-state index contributed by atoms with van der Waals surface area (Å²) in [5.41, 5.74) is 7.63. The van der Waals surface area contributed by atoms with Gasteiger partial charge in [0, 0.05) is 6.54 Å². The SMILES string of the molecule is COC(=O)c1cccc(NCCCCC(C)C)c1N. The van der Waals surface area contributed by atoms with Crippen molar-refractivity contribution in [3.63, 3.8) is 0 Å². The molecule has 0 aromatic heterocycles. The largest absolute Gasteiger partial charge is 0.465 e. The molecule has 0 saturated heterocycles. The van der Waals surface area contributed by atoms with E-state index in [-0.39, 0.29) is 0 Å². The minimum atomic E-state index is -0.402. The highest BCUT2D eigenvalue weighted by molar-refractivity contribution is 5.98. The van der Waals surface area contributed by atoms with Crippen molar-refractivity contribution in [1.29, 1.82) is 0 Å². The van der Waals surface area contributed by atoms with Crippen LogP contribution in [0.3, 0.4) is 0 Å². The maximum absolute atomic E-state index is 11.5. The molecule has 0 spiro atoms. The number of carbonyl (C=O) groups is 1. The van der Waals surface area contributed by atoms with E-state index in [1.807, 2.05) is 6.07 Å². The molecule has 0 amide bonds. The van der Waals surface area contributed by atoms with Crippen LogP contribution in [0.25, 0.3) is 0 Å². The van der Waals surface area contributed by atoms with Crippen LogP contribution in [0.15, 0.2) is 18.2 Å². The molecule has 0 heterocycles. The molecule has 1 aromatic carbocycles. The van der Waals surface area contributed by atoms with Crippen molar-refractivity contribution < 1.29 is 9.53 Å². The zero-order valence-corrected chi connectivity index (χ0v) is 12.0. The summed E-state index contributed by atoms with van der Waals surface area (Å²) in [5, 5.41) is 3.27. The van der Waals surface area contributed by atoms with Gasteiger partial charge in [-0.15, -0.1) is 0 Å². The number of unbranched alkanes of at least 4 members (excludes halogenated alkanes) is 1. The number of nitrogens with one attached hydrogen (secondary N) is 1. The average molecular weight is 264 g/mol. The van der Waals surface area contributed by atoms with E-state index >= 15 is 0 Å². The summed E-state index contributed by atoms with van der Waals surface area (Å²) in [6, 6.07) is 5.36. The van der Waals surface area contributed by atoms with Crippen molar-refractivity contribution in [1.82, 2.24) is 0 Å². The van der Waals surface area contributed by atoms with E-state index in [9.17, 15) is 4.79 Å². The smallest absolute Gasteiger partial charge is 0.340 e. The van der Waals surface area contributed by atoms with Gasteiger partial charge in [0.15, 0.2) is 0 Å². The highest BCUT2D eigenvalue weighted by Gasteiger charge is 2.12. The number of nitrogens with two attached hydrogens (primary N) is 1.